The lowest BCUT2D eigenvalue weighted by molar-refractivity contribution is -0.120. The normalized spacial score (nSPS) is 18.3. The first-order valence-electron chi connectivity index (χ1n) is 8.51. The number of benzene rings is 2. The van der Waals surface area contributed by atoms with Crippen LogP contribution in [0, 0.1) is 5.92 Å². The Morgan fingerprint density at radius 3 is 2.54 bits per heavy atom. The summed E-state index contributed by atoms with van der Waals surface area (Å²) in [6.07, 6.45) is 1.30. The number of carbonyl (C=O) groups is 1. The van der Waals surface area contributed by atoms with Crippen molar-refractivity contribution in [3.05, 3.63) is 54.6 Å². The Morgan fingerprint density at radius 2 is 1.81 bits per heavy atom. The van der Waals surface area contributed by atoms with Crippen LogP contribution in [-0.2, 0) is 14.8 Å². The second-order valence-electron chi connectivity index (χ2n) is 6.20. The van der Waals surface area contributed by atoms with E-state index in [9.17, 15) is 13.2 Å². The van der Waals surface area contributed by atoms with Crippen LogP contribution in [0.5, 0.6) is 5.75 Å². The largest absolute Gasteiger partial charge is 0.495 e. The lowest BCUT2D eigenvalue weighted by atomic mass is 9.98. The standard InChI is InChI=1S/C19H22N2O4S/c1-25-18-12-6-5-11-17(18)20-19(22)15-8-7-13-21(14-15)26(23,24)16-9-3-2-4-10-16/h2-6,9-12,15H,7-8,13-14H2,1H3,(H,20,22)/t15-/m1/s1. The summed E-state index contributed by atoms with van der Waals surface area (Å²) in [6.45, 7) is 0.605. The molecule has 26 heavy (non-hydrogen) atoms. The molecule has 1 saturated heterocycles. The van der Waals surface area contributed by atoms with E-state index < -0.39 is 15.9 Å². The average molecular weight is 374 g/mol. The third-order valence-corrected chi connectivity index (χ3v) is 6.38. The fourth-order valence-electron chi connectivity index (χ4n) is 3.10. The Hall–Kier alpha value is -2.38. The molecule has 1 aliphatic heterocycles. The molecule has 1 aliphatic rings. The molecule has 1 fully saturated rings. The molecule has 1 amide bonds. The van der Waals surface area contributed by atoms with E-state index in [1.807, 2.05) is 12.1 Å². The van der Waals surface area contributed by atoms with E-state index >= 15 is 0 Å². The van der Waals surface area contributed by atoms with Gasteiger partial charge in [0.05, 0.1) is 23.6 Å². The summed E-state index contributed by atoms with van der Waals surface area (Å²) in [5, 5.41) is 2.86. The van der Waals surface area contributed by atoms with E-state index in [-0.39, 0.29) is 17.3 Å². The number of methoxy groups -OCH3 is 1. The van der Waals surface area contributed by atoms with E-state index in [1.165, 1.54) is 4.31 Å². The predicted molar refractivity (Wildman–Crippen MR) is 99.5 cm³/mol. The van der Waals surface area contributed by atoms with Crippen LogP contribution in [0.3, 0.4) is 0 Å². The van der Waals surface area contributed by atoms with E-state index in [0.717, 1.165) is 0 Å². The quantitative estimate of drug-likeness (QED) is 0.873. The minimum Gasteiger partial charge on any atom is -0.495 e. The van der Waals surface area contributed by atoms with E-state index in [2.05, 4.69) is 5.32 Å². The molecule has 0 radical (unpaired) electrons. The lowest BCUT2D eigenvalue weighted by Crippen LogP contribution is -2.43. The SMILES string of the molecule is COc1ccccc1NC(=O)[C@@H]1CCCN(S(=O)(=O)c2ccccc2)C1. The third kappa shape index (κ3) is 3.89. The number of ether oxygens (including phenoxy) is 1. The number of rotatable bonds is 5. The molecule has 2 aromatic carbocycles. The summed E-state index contributed by atoms with van der Waals surface area (Å²) < 4.78 is 32.2. The Kier molecular flexibility index (Phi) is 5.58. The zero-order chi connectivity index (χ0) is 18.6. The van der Waals surface area contributed by atoms with Gasteiger partial charge >= 0.3 is 0 Å². The summed E-state index contributed by atoms with van der Waals surface area (Å²) in [4.78, 5) is 12.9. The molecule has 1 heterocycles. The Labute approximate surface area is 153 Å². The fraction of sp³-hybridized carbons (Fsp3) is 0.316. The molecule has 0 aliphatic carbocycles. The maximum absolute atomic E-state index is 12.8. The van der Waals surface area contributed by atoms with E-state index in [1.54, 1.807) is 49.6 Å². The van der Waals surface area contributed by atoms with Gasteiger partial charge in [-0.1, -0.05) is 30.3 Å². The van der Waals surface area contributed by atoms with Crippen molar-refractivity contribution in [1.82, 2.24) is 4.31 Å². The number of anilines is 1. The van der Waals surface area contributed by atoms with Gasteiger partial charge in [0, 0.05) is 13.1 Å². The maximum Gasteiger partial charge on any atom is 0.243 e. The number of hydrogen-bond donors (Lipinski definition) is 1. The first kappa shape index (κ1) is 18.4. The number of para-hydroxylation sites is 2. The van der Waals surface area contributed by atoms with Crippen LogP contribution in [0.1, 0.15) is 12.8 Å². The Morgan fingerprint density at radius 1 is 1.12 bits per heavy atom. The van der Waals surface area contributed by atoms with Gasteiger partial charge < -0.3 is 10.1 Å². The van der Waals surface area contributed by atoms with Gasteiger partial charge in [-0.15, -0.1) is 0 Å². The number of nitrogens with one attached hydrogen (secondary N) is 1. The van der Waals surface area contributed by atoms with Crippen LogP contribution in [0.4, 0.5) is 5.69 Å². The van der Waals surface area contributed by atoms with Crippen molar-refractivity contribution >= 4 is 21.6 Å². The summed E-state index contributed by atoms with van der Waals surface area (Å²) in [7, 11) is -2.04. The smallest absolute Gasteiger partial charge is 0.243 e. The van der Waals surface area contributed by atoms with Gasteiger partial charge in [0.15, 0.2) is 0 Å². The van der Waals surface area contributed by atoms with Gasteiger partial charge in [0.1, 0.15) is 5.75 Å². The summed E-state index contributed by atoms with van der Waals surface area (Å²) in [5.74, 6) is -0.0139. The molecule has 0 spiro atoms. The van der Waals surface area contributed by atoms with Gasteiger partial charge in [0.2, 0.25) is 15.9 Å². The van der Waals surface area contributed by atoms with Crippen molar-refractivity contribution in [3.63, 3.8) is 0 Å². The van der Waals surface area contributed by atoms with Crippen LogP contribution >= 0.6 is 0 Å². The average Bonchev–Trinajstić information content (AvgIpc) is 2.69. The highest BCUT2D eigenvalue weighted by Gasteiger charge is 2.33. The summed E-state index contributed by atoms with van der Waals surface area (Å²) in [6, 6.07) is 15.5. The van der Waals surface area contributed by atoms with Crippen molar-refractivity contribution in [2.75, 3.05) is 25.5 Å². The number of nitrogens with zero attached hydrogens (tertiary/aromatic N) is 1. The second kappa shape index (κ2) is 7.88. The van der Waals surface area contributed by atoms with Gasteiger partial charge in [-0.25, -0.2) is 8.42 Å². The van der Waals surface area contributed by atoms with Gasteiger partial charge in [-0.2, -0.15) is 4.31 Å². The highest BCUT2D eigenvalue weighted by molar-refractivity contribution is 7.89. The van der Waals surface area contributed by atoms with Crippen LogP contribution in [0.15, 0.2) is 59.5 Å². The van der Waals surface area contributed by atoms with Crippen molar-refractivity contribution < 1.29 is 17.9 Å². The summed E-state index contributed by atoms with van der Waals surface area (Å²) in [5.41, 5.74) is 0.586. The molecule has 7 heteroatoms. The monoisotopic (exact) mass is 374 g/mol. The molecule has 0 unspecified atom stereocenters. The number of piperidine rings is 1. The molecule has 0 aromatic heterocycles. The Balaban J connectivity index is 1.73. The number of hydrogen-bond acceptors (Lipinski definition) is 4. The second-order valence-corrected chi connectivity index (χ2v) is 8.14. The van der Waals surface area contributed by atoms with E-state index in [0.29, 0.717) is 30.8 Å². The number of sulfonamides is 1. The van der Waals surface area contributed by atoms with Crippen molar-refractivity contribution in [1.29, 1.82) is 0 Å². The molecular formula is C19H22N2O4S. The molecular weight excluding hydrogens is 352 g/mol. The molecule has 0 bridgehead atoms. The molecule has 0 saturated carbocycles. The first-order chi connectivity index (χ1) is 12.5. The van der Waals surface area contributed by atoms with Gasteiger partial charge in [-0.3, -0.25) is 4.79 Å². The minimum atomic E-state index is -3.59. The molecule has 3 rings (SSSR count). The molecule has 1 atom stereocenters. The van der Waals surface area contributed by atoms with Crippen molar-refractivity contribution in [2.24, 2.45) is 5.92 Å². The number of carbonyl (C=O) groups excluding carboxylic acids is 1. The van der Waals surface area contributed by atoms with Crippen LogP contribution in [-0.4, -0.2) is 38.8 Å². The van der Waals surface area contributed by atoms with Crippen LogP contribution in [0.25, 0.3) is 0 Å². The predicted octanol–water partition coefficient (Wildman–Crippen LogP) is 2.73. The molecule has 6 nitrogen and oxygen atoms in total. The highest BCUT2D eigenvalue weighted by atomic mass is 32.2. The zero-order valence-electron chi connectivity index (χ0n) is 14.6. The first-order valence-corrected chi connectivity index (χ1v) is 9.95. The summed E-state index contributed by atoms with van der Waals surface area (Å²) >= 11 is 0. The highest BCUT2D eigenvalue weighted by Crippen LogP contribution is 2.27. The minimum absolute atomic E-state index is 0.179. The third-order valence-electron chi connectivity index (χ3n) is 4.50. The molecule has 138 valence electrons. The maximum atomic E-state index is 12.8. The van der Waals surface area contributed by atoms with Gasteiger partial charge in [0.25, 0.3) is 0 Å². The molecule has 2 aromatic rings. The van der Waals surface area contributed by atoms with Crippen molar-refractivity contribution in [2.45, 2.75) is 17.7 Å². The van der Waals surface area contributed by atoms with E-state index in [4.69, 9.17) is 4.74 Å². The Bertz CT molecular complexity index is 868. The van der Waals surface area contributed by atoms with Crippen LogP contribution in [0.2, 0.25) is 0 Å². The van der Waals surface area contributed by atoms with Gasteiger partial charge in [-0.05, 0) is 37.1 Å². The topological polar surface area (TPSA) is 75.7 Å². The van der Waals surface area contributed by atoms with Crippen molar-refractivity contribution in [3.8, 4) is 5.75 Å². The fourth-order valence-corrected chi connectivity index (χ4v) is 4.64. The van der Waals surface area contributed by atoms with Crippen LogP contribution < -0.4 is 10.1 Å². The lowest BCUT2D eigenvalue weighted by Gasteiger charge is -2.31. The zero-order valence-corrected chi connectivity index (χ0v) is 15.4. The molecule has 1 N–H and O–H groups in total. The number of amides is 1.